The number of para-hydroxylation sites is 1. The van der Waals surface area contributed by atoms with Crippen molar-refractivity contribution < 1.29 is 9.13 Å². The lowest BCUT2D eigenvalue weighted by molar-refractivity contribution is 0.298. The van der Waals surface area contributed by atoms with E-state index >= 15 is 0 Å². The molecule has 1 saturated carbocycles. The number of methoxy groups -OCH3 is 1. The normalized spacial score (nSPS) is 19.0. The molecule has 1 fully saturated rings. The van der Waals surface area contributed by atoms with Crippen molar-refractivity contribution in [2.24, 2.45) is 11.7 Å². The van der Waals surface area contributed by atoms with Crippen LogP contribution >= 0.6 is 0 Å². The Morgan fingerprint density at radius 2 is 2.00 bits per heavy atom. The van der Waals surface area contributed by atoms with Crippen LogP contribution in [0.4, 0.5) is 4.39 Å². The third kappa shape index (κ3) is 2.60. The zero-order valence-corrected chi connectivity index (χ0v) is 10.3. The maximum atomic E-state index is 13.6. The molecule has 1 aliphatic carbocycles. The van der Waals surface area contributed by atoms with E-state index in [0.717, 1.165) is 18.4 Å². The molecule has 17 heavy (non-hydrogen) atoms. The fourth-order valence-corrected chi connectivity index (χ4v) is 2.75. The molecule has 0 aliphatic heterocycles. The Morgan fingerprint density at radius 1 is 1.29 bits per heavy atom. The van der Waals surface area contributed by atoms with Crippen LogP contribution in [0.1, 0.15) is 43.7 Å². The van der Waals surface area contributed by atoms with Crippen LogP contribution in [0, 0.1) is 11.7 Å². The van der Waals surface area contributed by atoms with Gasteiger partial charge in [0.15, 0.2) is 11.6 Å². The number of rotatable bonds is 3. The van der Waals surface area contributed by atoms with E-state index in [1.54, 1.807) is 6.07 Å². The van der Waals surface area contributed by atoms with Crippen LogP contribution in [0.2, 0.25) is 0 Å². The van der Waals surface area contributed by atoms with Crippen molar-refractivity contribution in [3.63, 3.8) is 0 Å². The fourth-order valence-electron chi connectivity index (χ4n) is 2.75. The van der Waals surface area contributed by atoms with E-state index in [-0.39, 0.29) is 11.9 Å². The van der Waals surface area contributed by atoms with Gasteiger partial charge in [-0.1, -0.05) is 31.4 Å². The zero-order chi connectivity index (χ0) is 12.3. The van der Waals surface area contributed by atoms with Gasteiger partial charge < -0.3 is 10.5 Å². The lowest BCUT2D eigenvalue weighted by atomic mass is 9.81. The van der Waals surface area contributed by atoms with E-state index in [1.807, 2.05) is 6.07 Å². The molecule has 1 aliphatic rings. The summed E-state index contributed by atoms with van der Waals surface area (Å²) in [5, 5.41) is 0. The van der Waals surface area contributed by atoms with E-state index in [9.17, 15) is 4.39 Å². The minimum Gasteiger partial charge on any atom is -0.493 e. The third-order valence-corrected chi connectivity index (χ3v) is 3.72. The summed E-state index contributed by atoms with van der Waals surface area (Å²) >= 11 is 0. The van der Waals surface area contributed by atoms with E-state index < -0.39 is 0 Å². The average Bonchev–Trinajstić information content (AvgIpc) is 2.38. The van der Waals surface area contributed by atoms with Gasteiger partial charge in [0, 0.05) is 11.6 Å². The summed E-state index contributed by atoms with van der Waals surface area (Å²) in [7, 11) is 1.50. The van der Waals surface area contributed by atoms with Crippen LogP contribution in [-0.2, 0) is 0 Å². The lowest BCUT2D eigenvalue weighted by Crippen LogP contribution is -2.24. The first-order valence-corrected chi connectivity index (χ1v) is 6.32. The summed E-state index contributed by atoms with van der Waals surface area (Å²) in [4.78, 5) is 0. The number of benzene rings is 1. The molecule has 94 valence electrons. The first-order valence-electron chi connectivity index (χ1n) is 6.32. The average molecular weight is 237 g/mol. The topological polar surface area (TPSA) is 35.2 Å². The van der Waals surface area contributed by atoms with Gasteiger partial charge in [-0.15, -0.1) is 0 Å². The highest BCUT2D eigenvalue weighted by atomic mass is 19.1. The van der Waals surface area contributed by atoms with Crippen molar-refractivity contribution in [1.29, 1.82) is 0 Å². The van der Waals surface area contributed by atoms with Crippen molar-refractivity contribution in [1.82, 2.24) is 0 Å². The van der Waals surface area contributed by atoms with Crippen LogP contribution in [-0.4, -0.2) is 7.11 Å². The molecule has 2 rings (SSSR count). The Morgan fingerprint density at radius 3 is 2.65 bits per heavy atom. The first kappa shape index (κ1) is 12.4. The van der Waals surface area contributed by atoms with Crippen LogP contribution in [0.5, 0.6) is 5.75 Å². The van der Waals surface area contributed by atoms with Crippen molar-refractivity contribution in [2.45, 2.75) is 38.1 Å². The SMILES string of the molecule is COc1c(F)cccc1[C@@H](N)C1CCCCC1. The smallest absolute Gasteiger partial charge is 0.165 e. The summed E-state index contributed by atoms with van der Waals surface area (Å²) < 4.78 is 18.7. The maximum absolute atomic E-state index is 13.6. The quantitative estimate of drug-likeness (QED) is 0.874. The van der Waals surface area contributed by atoms with E-state index in [0.29, 0.717) is 11.7 Å². The molecule has 1 atom stereocenters. The van der Waals surface area contributed by atoms with E-state index in [2.05, 4.69) is 0 Å². The summed E-state index contributed by atoms with van der Waals surface area (Å²) in [6.07, 6.45) is 6.04. The summed E-state index contributed by atoms with van der Waals surface area (Å²) in [6, 6.07) is 4.88. The Labute approximate surface area is 102 Å². The molecule has 1 aromatic carbocycles. The Hall–Kier alpha value is -1.09. The summed E-state index contributed by atoms with van der Waals surface area (Å²) in [5.41, 5.74) is 7.07. The first-order chi connectivity index (χ1) is 8.24. The highest BCUT2D eigenvalue weighted by Gasteiger charge is 2.25. The third-order valence-electron chi connectivity index (χ3n) is 3.72. The maximum Gasteiger partial charge on any atom is 0.165 e. The molecular formula is C14H20FNO. The minimum absolute atomic E-state index is 0.110. The largest absolute Gasteiger partial charge is 0.493 e. The molecule has 0 radical (unpaired) electrons. The van der Waals surface area contributed by atoms with Crippen molar-refractivity contribution in [3.8, 4) is 5.75 Å². The predicted molar refractivity (Wildman–Crippen MR) is 66.5 cm³/mol. The van der Waals surface area contributed by atoms with Crippen LogP contribution in [0.15, 0.2) is 18.2 Å². The lowest BCUT2D eigenvalue weighted by Gasteiger charge is -2.28. The standard InChI is InChI=1S/C14H20FNO/c1-17-14-11(8-5-9-12(14)15)13(16)10-6-3-2-4-7-10/h5,8-10,13H,2-4,6-7,16H2,1H3/t13-/m0/s1. The molecule has 0 spiro atoms. The highest BCUT2D eigenvalue weighted by Crippen LogP contribution is 2.37. The zero-order valence-electron chi connectivity index (χ0n) is 10.3. The van der Waals surface area contributed by atoms with Gasteiger partial charge in [0.2, 0.25) is 0 Å². The van der Waals surface area contributed by atoms with Gasteiger partial charge in [0.1, 0.15) is 0 Å². The molecule has 0 aromatic heterocycles. The molecule has 0 amide bonds. The molecule has 0 bridgehead atoms. The second-order valence-corrected chi connectivity index (χ2v) is 4.79. The van der Waals surface area contributed by atoms with Gasteiger partial charge in [0.25, 0.3) is 0 Å². The van der Waals surface area contributed by atoms with Crippen LogP contribution in [0.25, 0.3) is 0 Å². The predicted octanol–water partition coefficient (Wildman–Crippen LogP) is 3.41. The second kappa shape index (κ2) is 5.50. The van der Waals surface area contributed by atoms with Crippen molar-refractivity contribution in [3.05, 3.63) is 29.6 Å². The number of hydrogen-bond donors (Lipinski definition) is 1. The van der Waals surface area contributed by atoms with Crippen LogP contribution in [0.3, 0.4) is 0 Å². The Kier molecular flexibility index (Phi) is 4.00. The van der Waals surface area contributed by atoms with Gasteiger partial charge in [0.05, 0.1) is 7.11 Å². The summed E-state index contributed by atoms with van der Waals surface area (Å²) in [6.45, 7) is 0. The van der Waals surface area contributed by atoms with Gasteiger partial charge in [-0.25, -0.2) is 4.39 Å². The van der Waals surface area contributed by atoms with Crippen molar-refractivity contribution >= 4 is 0 Å². The molecule has 3 heteroatoms. The number of hydrogen-bond acceptors (Lipinski definition) is 2. The van der Waals surface area contributed by atoms with Gasteiger partial charge in [-0.2, -0.15) is 0 Å². The highest BCUT2D eigenvalue weighted by molar-refractivity contribution is 5.37. The molecule has 0 heterocycles. The molecule has 2 nitrogen and oxygen atoms in total. The van der Waals surface area contributed by atoms with Gasteiger partial charge in [-0.3, -0.25) is 0 Å². The van der Waals surface area contributed by atoms with E-state index in [1.165, 1.54) is 32.4 Å². The molecule has 0 unspecified atom stereocenters. The van der Waals surface area contributed by atoms with Crippen LogP contribution < -0.4 is 10.5 Å². The summed E-state index contributed by atoms with van der Waals surface area (Å²) in [5.74, 6) is 0.446. The van der Waals surface area contributed by atoms with E-state index in [4.69, 9.17) is 10.5 Å². The monoisotopic (exact) mass is 237 g/mol. The van der Waals surface area contributed by atoms with Crippen molar-refractivity contribution in [2.75, 3.05) is 7.11 Å². The molecule has 0 saturated heterocycles. The second-order valence-electron chi connectivity index (χ2n) is 4.79. The van der Waals surface area contributed by atoms with Gasteiger partial charge >= 0.3 is 0 Å². The Bertz CT molecular complexity index is 374. The molecular weight excluding hydrogens is 217 g/mol. The minimum atomic E-state index is -0.323. The fraction of sp³-hybridized carbons (Fsp3) is 0.571. The molecule has 1 aromatic rings. The number of halogens is 1. The number of ether oxygens (including phenoxy) is 1. The molecule has 2 N–H and O–H groups in total. The Balaban J connectivity index is 2.23. The number of nitrogens with two attached hydrogens (primary N) is 1. The van der Waals surface area contributed by atoms with Gasteiger partial charge in [-0.05, 0) is 24.8 Å².